The standard InChI is InChI=1S/C21H26N2.C7H6.3C6H11.2ClH.H3P.Ru/c1-14-9-16(3)20(17(4)10-14)22-7-8-23(13-22)21-18(5)11-15(2)12-19(21)6;1-7-5-3-2-4-6-7;3*1-2-4-6-5-3-1;;;;/h9-12H,7-8H2,1-6H3;1-6H;3*1H,2-6H2;2*1H;1H3;. The second-order valence-electron chi connectivity index (χ2n) is 16.3. The summed E-state index contributed by atoms with van der Waals surface area (Å²) in [7, 11) is 0. The molecule has 0 spiro atoms. The molecule has 2 nitrogen and oxygen atoms in total. The van der Waals surface area contributed by atoms with Crippen molar-refractivity contribution in [3.8, 4) is 0 Å². The minimum Gasteiger partial charge on any atom is -0.153 e. The first-order valence-corrected chi connectivity index (χ1v) is 24.9. The van der Waals surface area contributed by atoms with Crippen LogP contribution in [0.4, 0.5) is 11.4 Å². The first-order valence-electron chi connectivity index (χ1n) is 20.0. The first kappa shape index (κ1) is 43.4. The van der Waals surface area contributed by atoms with Gasteiger partial charge in [0, 0.05) is 0 Å². The van der Waals surface area contributed by atoms with Gasteiger partial charge < -0.3 is 0 Å². The molecule has 1 heterocycles. The molecule has 1 unspecified atom stereocenters. The Hall–Kier alpha value is -1.37. The molecule has 3 saturated carbocycles. The van der Waals surface area contributed by atoms with E-state index in [1.807, 2.05) is 4.35 Å². The van der Waals surface area contributed by atoms with Gasteiger partial charge in [0.15, 0.2) is 0 Å². The molecule has 3 aromatic carbocycles. The number of benzene rings is 3. The van der Waals surface area contributed by atoms with Crippen molar-refractivity contribution >= 4 is 55.1 Å². The third-order valence-electron chi connectivity index (χ3n) is 12.8. The van der Waals surface area contributed by atoms with Gasteiger partial charge >= 0.3 is 301 Å². The Kier molecular flexibility index (Phi) is 15.1. The molecule has 0 amide bonds. The maximum absolute atomic E-state index is 3.86. The molecule has 7 rings (SSSR count). The van der Waals surface area contributed by atoms with Crippen LogP contribution in [0.5, 0.6) is 0 Å². The molecule has 6 heteroatoms. The summed E-state index contributed by atoms with van der Waals surface area (Å²) in [6.07, 6.45) is 21.4. The predicted molar refractivity (Wildman–Crippen MR) is 239 cm³/mol. The van der Waals surface area contributed by atoms with Crippen LogP contribution in [-0.4, -0.2) is 22.1 Å². The summed E-state index contributed by atoms with van der Waals surface area (Å²) in [5.74, 6) is 0. The van der Waals surface area contributed by atoms with Gasteiger partial charge in [-0.2, -0.15) is 9.90 Å². The number of hydrogen-bond acceptors (Lipinski definition) is 2. The molecular formula is C46H70Cl2N2PRu. The molecule has 1 atom stereocenters. The molecule has 1 saturated heterocycles. The van der Waals surface area contributed by atoms with Crippen molar-refractivity contribution in [3.05, 3.63) is 93.5 Å². The van der Waals surface area contributed by atoms with E-state index in [2.05, 4.69) is 111 Å². The van der Waals surface area contributed by atoms with E-state index in [0.29, 0.717) is 0 Å². The number of anilines is 2. The SMILES string of the molecule is Cc1cc(C)c(N2CCN(c3c(C)cc(C)cc3C)[C]2=[Ru](=[CH]c2ccccc2)([CH]2CCCCC2)([CH]2CCCCC2)[CH]2CCCCC2)c(C)c1.Cl.Cl.P. The summed E-state index contributed by atoms with van der Waals surface area (Å²) in [6.45, 7) is 16.4. The Morgan fingerprint density at radius 3 is 1.15 bits per heavy atom. The molecule has 0 radical (unpaired) electrons. The molecule has 3 aromatic rings. The monoisotopic (exact) mass is 853 g/mol. The Bertz CT molecular complexity index is 1650. The molecule has 4 fully saturated rings. The van der Waals surface area contributed by atoms with E-state index in [-0.39, 0.29) is 34.7 Å². The minimum atomic E-state index is -3.86. The van der Waals surface area contributed by atoms with Crippen molar-refractivity contribution in [2.24, 2.45) is 0 Å². The molecule has 291 valence electrons. The van der Waals surface area contributed by atoms with Crippen LogP contribution in [0.1, 0.15) is 135 Å². The van der Waals surface area contributed by atoms with Crippen LogP contribution in [0.3, 0.4) is 0 Å². The van der Waals surface area contributed by atoms with Crippen LogP contribution in [0.15, 0.2) is 54.6 Å². The Morgan fingerprint density at radius 2 is 0.827 bits per heavy atom. The van der Waals surface area contributed by atoms with E-state index in [4.69, 9.17) is 0 Å². The average molecular weight is 854 g/mol. The molecule has 0 N–H and O–H groups in total. The second kappa shape index (κ2) is 18.1. The van der Waals surface area contributed by atoms with E-state index >= 15 is 0 Å². The summed E-state index contributed by atoms with van der Waals surface area (Å²) in [5.41, 5.74) is 13.2. The van der Waals surface area contributed by atoms with E-state index in [0.717, 1.165) is 26.6 Å². The minimum absolute atomic E-state index is 0. The number of rotatable bonds is 6. The number of nitrogens with zero attached hydrogens (tertiary/aromatic N) is 2. The summed E-state index contributed by atoms with van der Waals surface area (Å²) in [4.78, 5) is 6.07. The third-order valence-corrected chi connectivity index (χ3v) is 29.7. The van der Waals surface area contributed by atoms with E-state index in [1.165, 1.54) is 147 Å². The predicted octanol–water partition coefficient (Wildman–Crippen LogP) is 13.7. The zero-order valence-electron chi connectivity index (χ0n) is 33.3. The van der Waals surface area contributed by atoms with E-state index < -0.39 is 12.7 Å². The topological polar surface area (TPSA) is 6.48 Å². The van der Waals surface area contributed by atoms with Gasteiger partial charge in [-0.05, 0) is 0 Å². The van der Waals surface area contributed by atoms with Crippen LogP contribution < -0.4 is 9.80 Å². The maximum atomic E-state index is 3.19. The fourth-order valence-electron chi connectivity index (χ4n) is 11.2. The van der Waals surface area contributed by atoms with Gasteiger partial charge in [0.25, 0.3) is 0 Å². The largest absolute Gasteiger partial charge is 0.153 e. The van der Waals surface area contributed by atoms with Gasteiger partial charge in [-0.15, -0.1) is 24.8 Å². The van der Waals surface area contributed by atoms with E-state index in [9.17, 15) is 0 Å². The second-order valence-corrected chi connectivity index (χ2v) is 27.3. The fraction of sp³-hybridized carbons (Fsp3) is 0.565. The van der Waals surface area contributed by atoms with Gasteiger partial charge in [-0.25, -0.2) is 0 Å². The zero-order valence-corrected chi connectivity index (χ0v) is 38.1. The van der Waals surface area contributed by atoms with Gasteiger partial charge in [0.1, 0.15) is 0 Å². The zero-order chi connectivity index (χ0) is 34.2. The average Bonchev–Trinajstić information content (AvgIpc) is 3.52. The molecule has 1 aliphatic heterocycles. The number of halogens is 2. The first-order chi connectivity index (χ1) is 23.7. The number of aryl methyl sites for hydroxylation is 6. The van der Waals surface area contributed by atoms with Gasteiger partial charge in [-0.3, -0.25) is 0 Å². The van der Waals surface area contributed by atoms with Crippen molar-refractivity contribution in [2.45, 2.75) is 151 Å². The summed E-state index contributed by atoms with van der Waals surface area (Å²) < 4.78 is 7.49. The quantitative estimate of drug-likeness (QED) is 0.180. The van der Waals surface area contributed by atoms with Gasteiger partial charge in [0.2, 0.25) is 0 Å². The van der Waals surface area contributed by atoms with Crippen LogP contribution in [-0.2, 0) is 12.7 Å². The molecule has 4 aliphatic rings. The van der Waals surface area contributed by atoms with Crippen molar-refractivity contribution in [1.82, 2.24) is 0 Å². The molecule has 3 aliphatic carbocycles. The van der Waals surface area contributed by atoms with Crippen LogP contribution in [0.2, 0.25) is 13.5 Å². The summed E-state index contributed by atoms with van der Waals surface area (Å²) >= 11 is -3.86. The fourth-order valence-corrected chi connectivity index (χ4v) is 31.5. The van der Waals surface area contributed by atoms with Crippen molar-refractivity contribution < 1.29 is 12.7 Å². The Morgan fingerprint density at radius 1 is 0.500 bits per heavy atom. The van der Waals surface area contributed by atoms with Crippen LogP contribution in [0, 0.1) is 41.5 Å². The van der Waals surface area contributed by atoms with Crippen LogP contribution in [0.25, 0.3) is 0 Å². The van der Waals surface area contributed by atoms with E-state index in [1.54, 1.807) is 0 Å². The van der Waals surface area contributed by atoms with Crippen molar-refractivity contribution in [3.63, 3.8) is 0 Å². The molecule has 0 bridgehead atoms. The Labute approximate surface area is 333 Å². The third kappa shape index (κ3) is 7.46. The van der Waals surface area contributed by atoms with Crippen molar-refractivity contribution in [2.75, 3.05) is 22.9 Å². The maximum Gasteiger partial charge on any atom is -0.147 e. The van der Waals surface area contributed by atoms with Gasteiger partial charge in [0.05, 0.1) is 0 Å². The van der Waals surface area contributed by atoms with Crippen LogP contribution >= 0.6 is 34.7 Å². The summed E-state index contributed by atoms with van der Waals surface area (Å²) in [5, 5.41) is 0. The summed E-state index contributed by atoms with van der Waals surface area (Å²) in [6, 6.07) is 21.9. The molecular weight excluding hydrogens is 783 g/mol. The normalized spacial score (nSPS) is 20.0. The molecule has 0 aromatic heterocycles. The van der Waals surface area contributed by atoms with Gasteiger partial charge in [-0.1, -0.05) is 0 Å². The smallest absolute Gasteiger partial charge is 0.147 e. The number of hydrogen-bond donors (Lipinski definition) is 0. The molecule has 52 heavy (non-hydrogen) atoms. The Balaban J connectivity index is 0.00000202. The van der Waals surface area contributed by atoms with Crippen molar-refractivity contribution in [1.29, 1.82) is 0 Å².